The third-order valence-electron chi connectivity index (χ3n) is 4.66. The summed E-state index contributed by atoms with van der Waals surface area (Å²) in [7, 11) is 0. The molecule has 1 saturated carbocycles. The van der Waals surface area contributed by atoms with Crippen LogP contribution in [0.1, 0.15) is 48.7 Å². The zero-order chi connectivity index (χ0) is 18.8. The van der Waals surface area contributed by atoms with Gasteiger partial charge in [-0.2, -0.15) is 0 Å². The molecule has 1 aliphatic heterocycles. The van der Waals surface area contributed by atoms with Crippen LogP contribution in [0.5, 0.6) is 17.4 Å². The van der Waals surface area contributed by atoms with E-state index in [1.807, 2.05) is 32.0 Å². The summed E-state index contributed by atoms with van der Waals surface area (Å²) in [5.41, 5.74) is 1.57. The van der Waals surface area contributed by atoms with Crippen LogP contribution in [0.3, 0.4) is 0 Å². The quantitative estimate of drug-likeness (QED) is 0.845. The van der Waals surface area contributed by atoms with Crippen molar-refractivity contribution >= 4 is 5.91 Å². The van der Waals surface area contributed by atoms with Gasteiger partial charge >= 0.3 is 0 Å². The molecule has 1 atom stereocenters. The molecule has 0 bridgehead atoms. The number of carbonyl (C=O) groups is 1. The summed E-state index contributed by atoms with van der Waals surface area (Å²) in [6, 6.07) is 9.34. The lowest BCUT2D eigenvalue weighted by molar-refractivity contribution is 0.0931. The molecule has 1 aromatic carbocycles. The van der Waals surface area contributed by atoms with Gasteiger partial charge < -0.3 is 19.5 Å². The number of nitrogens with zero attached hydrogens (tertiary/aromatic N) is 1. The Hall–Kier alpha value is -2.76. The van der Waals surface area contributed by atoms with Crippen LogP contribution in [0.4, 0.5) is 0 Å². The number of carbonyl (C=O) groups excluding carboxylic acids is 1. The highest BCUT2D eigenvalue weighted by molar-refractivity contribution is 5.94. The first-order valence-electron chi connectivity index (χ1n) is 9.43. The summed E-state index contributed by atoms with van der Waals surface area (Å²) in [4.78, 5) is 17.0. The van der Waals surface area contributed by atoms with E-state index >= 15 is 0 Å². The first kappa shape index (κ1) is 17.6. The molecule has 142 valence electrons. The smallest absolute Gasteiger partial charge is 0.253 e. The molecule has 1 fully saturated rings. The van der Waals surface area contributed by atoms with Crippen LogP contribution >= 0.6 is 0 Å². The molecule has 2 aliphatic rings. The summed E-state index contributed by atoms with van der Waals surface area (Å²) < 4.78 is 16.8. The standard InChI is InChI=1S/C21H24N2O4/c1-13(2)27-19-8-6-16(12-22-19)21(24)23-20(14-3-4-14)15-5-7-17-18(11-15)26-10-9-25-17/h5-8,11-14,20H,3-4,9-10H2,1-2H3,(H,23,24)/t20-/m0/s1. The van der Waals surface area contributed by atoms with E-state index in [0.29, 0.717) is 30.6 Å². The highest BCUT2D eigenvalue weighted by Crippen LogP contribution is 2.43. The second-order valence-corrected chi connectivity index (χ2v) is 7.24. The zero-order valence-corrected chi connectivity index (χ0v) is 15.6. The lowest BCUT2D eigenvalue weighted by Crippen LogP contribution is -2.30. The van der Waals surface area contributed by atoms with Gasteiger partial charge in [-0.3, -0.25) is 4.79 Å². The minimum atomic E-state index is -0.134. The van der Waals surface area contributed by atoms with Gasteiger partial charge in [-0.1, -0.05) is 6.07 Å². The number of aromatic nitrogens is 1. The third kappa shape index (κ3) is 4.15. The maximum absolute atomic E-state index is 12.7. The number of amides is 1. The fraction of sp³-hybridized carbons (Fsp3) is 0.429. The van der Waals surface area contributed by atoms with Crippen molar-refractivity contribution in [1.29, 1.82) is 0 Å². The van der Waals surface area contributed by atoms with Crippen molar-refractivity contribution in [2.45, 2.75) is 38.8 Å². The molecule has 0 spiro atoms. The van der Waals surface area contributed by atoms with Gasteiger partial charge in [0.25, 0.3) is 5.91 Å². The van der Waals surface area contributed by atoms with Crippen LogP contribution in [0.15, 0.2) is 36.5 Å². The summed E-state index contributed by atoms with van der Waals surface area (Å²) in [5.74, 6) is 2.34. The Bertz CT molecular complexity index is 815. The molecule has 2 aromatic rings. The van der Waals surface area contributed by atoms with Gasteiger partial charge in [-0.25, -0.2) is 4.98 Å². The number of benzene rings is 1. The summed E-state index contributed by atoms with van der Waals surface area (Å²) in [5, 5.41) is 3.16. The van der Waals surface area contributed by atoms with Crippen molar-refractivity contribution in [2.24, 2.45) is 5.92 Å². The van der Waals surface area contributed by atoms with E-state index in [2.05, 4.69) is 10.3 Å². The van der Waals surface area contributed by atoms with E-state index in [9.17, 15) is 4.79 Å². The number of pyridine rings is 1. The van der Waals surface area contributed by atoms with E-state index in [-0.39, 0.29) is 18.1 Å². The summed E-state index contributed by atoms with van der Waals surface area (Å²) in [6.45, 7) is 5.00. The Morgan fingerprint density at radius 3 is 2.59 bits per heavy atom. The minimum Gasteiger partial charge on any atom is -0.486 e. The van der Waals surface area contributed by atoms with Crippen LogP contribution in [0.2, 0.25) is 0 Å². The number of ether oxygens (including phenoxy) is 3. The zero-order valence-electron chi connectivity index (χ0n) is 15.6. The summed E-state index contributed by atoms with van der Waals surface area (Å²) in [6.07, 6.45) is 3.82. The van der Waals surface area contributed by atoms with Gasteiger partial charge in [0.15, 0.2) is 11.5 Å². The molecule has 2 heterocycles. The van der Waals surface area contributed by atoms with Crippen molar-refractivity contribution in [1.82, 2.24) is 10.3 Å². The topological polar surface area (TPSA) is 69.7 Å². The van der Waals surface area contributed by atoms with Crippen LogP contribution in [0, 0.1) is 5.92 Å². The molecular formula is C21H24N2O4. The second-order valence-electron chi connectivity index (χ2n) is 7.24. The molecule has 1 aromatic heterocycles. The molecule has 1 aliphatic carbocycles. The SMILES string of the molecule is CC(C)Oc1ccc(C(=O)N[C@H](c2ccc3c(c2)OCCO3)C2CC2)cn1. The normalized spacial score (nSPS) is 16.7. The summed E-state index contributed by atoms with van der Waals surface area (Å²) >= 11 is 0. The Morgan fingerprint density at radius 1 is 1.15 bits per heavy atom. The highest BCUT2D eigenvalue weighted by Gasteiger charge is 2.34. The minimum absolute atomic E-state index is 0.0417. The van der Waals surface area contributed by atoms with Gasteiger partial charge in [0, 0.05) is 12.3 Å². The van der Waals surface area contributed by atoms with Gasteiger partial charge in [-0.05, 0) is 56.4 Å². The lowest BCUT2D eigenvalue weighted by atomic mass is 10.0. The number of rotatable bonds is 6. The molecule has 0 unspecified atom stereocenters. The predicted molar refractivity (Wildman–Crippen MR) is 100 cm³/mol. The van der Waals surface area contributed by atoms with Crippen LogP contribution < -0.4 is 19.5 Å². The Balaban J connectivity index is 1.49. The predicted octanol–water partition coefficient (Wildman–Crippen LogP) is 3.52. The van der Waals surface area contributed by atoms with Crippen molar-refractivity contribution in [3.05, 3.63) is 47.7 Å². The molecule has 27 heavy (non-hydrogen) atoms. The van der Waals surface area contributed by atoms with Gasteiger partial charge in [0.05, 0.1) is 17.7 Å². The monoisotopic (exact) mass is 368 g/mol. The third-order valence-corrected chi connectivity index (χ3v) is 4.66. The van der Waals surface area contributed by atoms with Crippen molar-refractivity contribution in [3.63, 3.8) is 0 Å². The number of nitrogens with one attached hydrogen (secondary N) is 1. The molecule has 0 saturated heterocycles. The average Bonchev–Trinajstić information content (AvgIpc) is 3.51. The first-order valence-corrected chi connectivity index (χ1v) is 9.43. The Labute approximate surface area is 158 Å². The first-order chi connectivity index (χ1) is 13.1. The molecule has 6 nitrogen and oxygen atoms in total. The number of hydrogen-bond acceptors (Lipinski definition) is 5. The van der Waals surface area contributed by atoms with E-state index in [1.54, 1.807) is 18.3 Å². The van der Waals surface area contributed by atoms with E-state index in [1.165, 1.54) is 0 Å². The van der Waals surface area contributed by atoms with E-state index < -0.39 is 0 Å². The van der Waals surface area contributed by atoms with Crippen LogP contribution in [-0.4, -0.2) is 30.2 Å². The van der Waals surface area contributed by atoms with Crippen molar-refractivity contribution in [2.75, 3.05) is 13.2 Å². The maximum Gasteiger partial charge on any atom is 0.253 e. The molecule has 0 radical (unpaired) electrons. The number of hydrogen-bond donors (Lipinski definition) is 1. The number of fused-ring (bicyclic) bond motifs is 1. The highest BCUT2D eigenvalue weighted by atomic mass is 16.6. The maximum atomic E-state index is 12.7. The molecule has 1 amide bonds. The fourth-order valence-electron chi connectivity index (χ4n) is 3.21. The Morgan fingerprint density at radius 2 is 1.93 bits per heavy atom. The molecule has 6 heteroatoms. The van der Waals surface area contributed by atoms with Gasteiger partial charge in [-0.15, -0.1) is 0 Å². The van der Waals surface area contributed by atoms with E-state index in [4.69, 9.17) is 14.2 Å². The van der Waals surface area contributed by atoms with Crippen LogP contribution in [-0.2, 0) is 0 Å². The van der Waals surface area contributed by atoms with Gasteiger partial charge in [0.1, 0.15) is 13.2 Å². The fourth-order valence-corrected chi connectivity index (χ4v) is 3.21. The van der Waals surface area contributed by atoms with Gasteiger partial charge in [0.2, 0.25) is 5.88 Å². The second kappa shape index (κ2) is 7.47. The molecular weight excluding hydrogens is 344 g/mol. The van der Waals surface area contributed by atoms with E-state index in [0.717, 1.165) is 29.9 Å². The van der Waals surface area contributed by atoms with Crippen molar-refractivity contribution < 1.29 is 19.0 Å². The molecule has 1 N–H and O–H groups in total. The van der Waals surface area contributed by atoms with Crippen LogP contribution in [0.25, 0.3) is 0 Å². The average molecular weight is 368 g/mol. The largest absolute Gasteiger partial charge is 0.486 e. The molecule has 4 rings (SSSR count). The Kier molecular flexibility index (Phi) is 4.88. The van der Waals surface area contributed by atoms with Crippen molar-refractivity contribution in [3.8, 4) is 17.4 Å². The lowest BCUT2D eigenvalue weighted by Gasteiger charge is -2.23.